The number of nitrogens with one attached hydrogen (secondary N) is 1. The van der Waals surface area contributed by atoms with Gasteiger partial charge in [0.2, 0.25) is 0 Å². The highest BCUT2D eigenvalue weighted by Gasteiger charge is 2.25. The maximum Gasteiger partial charge on any atom is 0.333 e. The number of hydrogen-bond donors (Lipinski definition) is 1. The Balaban J connectivity index is 2.32. The minimum absolute atomic E-state index is 0.241. The minimum Gasteiger partial charge on any atom is -0.466 e. The first-order valence-electron chi connectivity index (χ1n) is 5.70. The quantitative estimate of drug-likeness (QED) is 0.592. The molecule has 0 saturated heterocycles. The molecule has 0 radical (unpaired) electrons. The van der Waals surface area contributed by atoms with Gasteiger partial charge in [0.25, 0.3) is 0 Å². The van der Waals surface area contributed by atoms with E-state index in [-0.39, 0.29) is 5.97 Å². The van der Waals surface area contributed by atoms with Gasteiger partial charge in [0.15, 0.2) is 0 Å². The third kappa shape index (κ3) is 3.83. The van der Waals surface area contributed by atoms with Crippen LogP contribution in [-0.4, -0.2) is 37.2 Å². The molecule has 3 nitrogen and oxygen atoms in total. The van der Waals surface area contributed by atoms with Crippen molar-refractivity contribution < 1.29 is 9.53 Å². The van der Waals surface area contributed by atoms with E-state index < -0.39 is 0 Å². The lowest BCUT2D eigenvalue weighted by Crippen LogP contribution is -2.34. The Morgan fingerprint density at radius 3 is 2.94 bits per heavy atom. The number of methoxy groups -OCH3 is 1. The Morgan fingerprint density at radius 1 is 1.56 bits per heavy atom. The van der Waals surface area contributed by atoms with Crippen LogP contribution in [0.25, 0.3) is 0 Å². The van der Waals surface area contributed by atoms with Crippen LogP contribution in [-0.2, 0) is 9.53 Å². The van der Waals surface area contributed by atoms with E-state index >= 15 is 0 Å². The third-order valence-electron chi connectivity index (χ3n) is 3.05. The van der Waals surface area contributed by atoms with E-state index in [1.54, 1.807) is 6.92 Å². The molecule has 1 aliphatic carbocycles. The highest BCUT2D eigenvalue weighted by atomic mass is 32.2. The van der Waals surface area contributed by atoms with Gasteiger partial charge in [-0.15, -0.1) is 0 Å². The summed E-state index contributed by atoms with van der Waals surface area (Å²) in [6.07, 6.45) is 7.93. The molecular formula is C12H21NO2S. The minimum atomic E-state index is -0.241. The number of hydrogen-bond acceptors (Lipinski definition) is 4. The molecule has 1 N–H and O–H groups in total. The van der Waals surface area contributed by atoms with Crippen LogP contribution in [0.1, 0.15) is 26.2 Å². The van der Waals surface area contributed by atoms with Crippen LogP contribution in [0, 0.1) is 0 Å². The van der Waals surface area contributed by atoms with E-state index in [1.807, 2.05) is 17.8 Å². The second-order valence-corrected chi connectivity index (χ2v) is 5.18. The van der Waals surface area contributed by atoms with Crippen LogP contribution < -0.4 is 5.32 Å². The van der Waals surface area contributed by atoms with E-state index in [0.29, 0.717) is 11.6 Å². The van der Waals surface area contributed by atoms with Gasteiger partial charge in [-0.3, -0.25) is 0 Å². The summed E-state index contributed by atoms with van der Waals surface area (Å²) in [4.78, 5) is 11.1. The van der Waals surface area contributed by atoms with Crippen molar-refractivity contribution in [3.05, 3.63) is 11.6 Å². The Kier molecular flexibility index (Phi) is 5.91. The van der Waals surface area contributed by atoms with Crippen molar-refractivity contribution in [2.45, 2.75) is 37.5 Å². The van der Waals surface area contributed by atoms with Crippen LogP contribution in [0.5, 0.6) is 0 Å². The molecule has 92 valence electrons. The summed E-state index contributed by atoms with van der Waals surface area (Å²) in [6.45, 7) is 2.54. The largest absolute Gasteiger partial charge is 0.466 e. The first-order chi connectivity index (χ1) is 7.69. The van der Waals surface area contributed by atoms with Crippen molar-refractivity contribution in [3.63, 3.8) is 0 Å². The molecule has 0 heterocycles. The van der Waals surface area contributed by atoms with E-state index in [1.165, 1.54) is 26.4 Å². The lowest BCUT2D eigenvalue weighted by molar-refractivity contribution is -0.136. The molecule has 1 aliphatic rings. The van der Waals surface area contributed by atoms with Crippen molar-refractivity contribution in [2.24, 2.45) is 0 Å². The van der Waals surface area contributed by atoms with E-state index in [2.05, 4.69) is 16.3 Å². The molecule has 0 aromatic rings. The van der Waals surface area contributed by atoms with E-state index in [9.17, 15) is 4.79 Å². The van der Waals surface area contributed by atoms with Gasteiger partial charge in [-0.05, 0) is 26.0 Å². The Morgan fingerprint density at radius 2 is 2.31 bits per heavy atom. The number of carbonyl (C=O) groups excluding carboxylic acids is 1. The maximum absolute atomic E-state index is 11.1. The molecule has 1 fully saturated rings. The average Bonchev–Trinajstić information content (AvgIpc) is 2.75. The van der Waals surface area contributed by atoms with Gasteiger partial charge >= 0.3 is 5.97 Å². The number of rotatable bonds is 5. The van der Waals surface area contributed by atoms with Crippen molar-refractivity contribution >= 4 is 17.7 Å². The molecule has 1 rings (SSSR count). The molecule has 0 spiro atoms. The zero-order chi connectivity index (χ0) is 12.0. The molecule has 0 amide bonds. The highest BCUT2D eigenvalue weighted by molar-refractivity contribution is 7.99. The van der Waals surface area contributed by atoms with E-state index in [4.69, 9.17) is 0 Å². The van der Waals surface area contributed by atoms with E-state index in [0.717, 1.165) is 11.8 Å². The smallest absolute Gasteiger partial charge is 0.333 e. The van der Waals surface area contributed by atoms with Gasteiger partial charge in [-0.1, -0.05) is 12.5 Å². The monoisotopic (exact) mass is 243 g/mol. The van der Waals surface area contributed by atoms with Gasteiger partial charge in [-0.25, -0.2) is 4.79 Å². The average molecular weight is 243 g/mol. The maximum atomic E-state index is 11.1. The summed E-state index contributed by atoms with van der Waals surface area (Å²) in [5.41, 5.74) is 0.675. The standard InChI is InChI=1S/C12H21NO2S/c1-9(12(14)15-2)7-8-13-10-5-4-6-11(10)16-3/h7,10-11,13H,4-6,8H2,1-3H3. The van der Waals surface area contributed by atoms with Crippen LogP contribution in [0.3, 0.4) is 0 Å². The Labute approximate surface area is 102 Å². The molecule has 2 unspecified atom stereocenters. The first-order valence-corrected chi connectivity index (χ1v) is 6.99. The molecule has 0 bridgehead atoms. The summed E-state index contributed by atoms with van der Waals surface area (Å²) in [5.74, 6) is -0.241. The summed E-state index contributed by atoms with van der Waals surface area (Å²) < 4.78 is 4.64. The van der Waals surface area contributed by atoms with Crippen LogP contribution in [0.4, 0.5) is 0 Å². The zero-order valence-electron chi connectivity index (χ0n) is 10.3. The third-order valence-corrected chi connectivity index (χ3v) is 4.22. The predicted molar refractivity (Wildman–Crippen MR) is 68.7 cm³/mol. The lowest BCUT2D eigenvalue weighted by atomic mass is 10.2. The lowest BCUT2D eigenvalue weighted by Gasteiger charge is -2.18. The fourth-order valence-electron chi connectivity index (χ4n) is 2.05. The van der Waals surface area contributed by atoms with Gasteiger partial charge in [0, 0.05) is 23.4 Å². The molecule has 0 aliphatic heterocycles. The predicted octanol–water partition coefficient (Wildman–Crippen LogP) is 1.98. The molecule has 1 saturated carbocycles. The Bertz CT molecular complexity index is 266. The van der Waals surface area contributed by atoms with Crippen molar-refractivity contribution in [1.29, 1.82) is 0 Å². The summed E-state index contributed by atoms with van der Waals surface area (Å²) >= 11 is 1.94. The molecule has 0 aromatic heterocycles. The zero-order valence-corrected chi connectivity index (χ0v) is 11.1. The topological polar surface area (TPSA) is 38.3 Å². The fourth-order valence-corrected chi connectivity index (χ4v) is 3.01. The molecule has 16 heavy (non-hydrogen) atoms. The second kappa shape index (κ2) is 6.97. The molecule has 4 heteroatoms. The SMILES string of the molecule is COC(=O)C(C)=CCNC1CCCC1SC. The molecule has 2 atom stereocenters. The summed E-state index contributed by atoms with van der Waals surface area (Å²) in [6, 6.07) is 0.594. The van der Waals surface area contributed by atoms with Gasteiger partial charge < -0.3 is 10.1 Å². The van der Waals surface area contributed by atoms with Gasteiger partial charge in [0.05, 0.1) is 7.11 Å². The van der Waals surface area contributed by atoms with Crippen molar-refractivity contribution in [3.8, 4) is 0 Å². The van der Waals surface area contributed by atoms with Crippen molar-refractivity contribution in [2.75, 3.05) is 19.9 Å². The van der Waals surface area contributed by atoms with Crippen LogP contribution >= 0.6 is 11.8 Å². The van der Waals surface area contributed by atoms with Crippen molar-refractivity contribution in [1.82, 2.24) is 5.32 Å². The summed E-state index contributed by atoms with van der Waals surface area (Å²) in [7, 11) is 1.41. The number of ether oxygens (including phenoxy) is 1. The number of carbonyl (C=O) groups is 1. The Hall–Kier alpha value is -0.480. The fraction of sp³-hybridized carbons (Fsp3) is 0.750. The second-order valence-electron chi connectivity index (χ2n) is 4.10. The number of esters is 1. The van der Waals surface area contributed by atoms with Gasteiger partial charge in [-0.2, -0.15) is 11.8 Å². The number of thioether (sulfide) groups is 1. The van der Waals surface area contributed by atoms with Gasteiger partial charge in [0.1, 0.15) is 0 Å². The molecular weight excluding hydrogens is 222 g/mol. The highest BCUT2D eigenvalue weighted by Crippen LogP contribution is 2.28. The van der Waals surface area contributed by atoms with Crippen LogP contribution in [0.2, 0.25) is 0 Å². The first kappa shape index (κ1) is 13.6. The molecule has 0 aromatic carbocycles. The van der Waals surface area contributed by atoms with Crippen LogP contribution in [0.15, 0.2) is 11.6 Å². The normalized spacial score (nSPS) is 25.8. The summed E-state index contributed by atoms with van der Waals surface area (Å²) in [5, 5.41) is 4.22.